The minimum atomic E-state index is -1.13. The van der Waals surface area contributed by atoms with E-state index in [0.29, 0.717) is 110 Å². The van der Waals surface area contributed by atoms with Gasteiger partial charge in [-0.05, 0) is 169 Å². The average Bonchev–Trinajstić information content (AvgIpc) is 1.70. The molecule has 0 bridgehead atoms. The summed E-state index contributed by atoms with van der Waals surface area (Å²) in [7, 11) is 1.30. The largest absolute Gasteiger partial charge is 0.480 e. The Morgan fingerprint density at radius 3 is 0.878 bits per heavy atom. The fourth-order valence-electron chi connectivity index (χ4n) is 13.6. The third-order valence-corrected chi connectivity index (χ3v) is 19.7. The number of rotatable bonds is 48. The van der Waals surface area contributed by atoms with E-state index in [0.717, 1.165) is 72.5 Å². The number of unbranched alkanes of at least 4 members (excludes halogenated alkanes) is 3. The number of aromatic amines is 3. The number of fused-ring (bicyclic) bond motifs is 3. The zero-order valence-electron chi connectivity index (χ0n) is 66.4. The Hall–Kier alpha value is -11.1. The molecule has 3 heterocycles. The maximum atomic E-state index is 13.6. The molecule has 0 aliphatic rings. The third kappa shape index (κ3) is 30.3. The quantitative estimate of drug-likeness (QED) is 0.00961. The van der Waals surface area contributed by atoms with Crippen LogP contribution in [0.15, 0.2) is 182 Å². The average molecular weight is 1580 g/mol. The molecule has 115 heavy (non-hydrogen) atoms. The molecule has 0 radical (unpaired) electrons. The van der Waals surface area contributed by atoms with Crippen LogP contribution in [-0.4, -0.2) is 180 Å². The van der Waals surface area contributed by atoms with Gasteiger partial charge in [-0.2, -0.15) is 0 Å². The number of methoxy groups -OCH3 is 1. The molecule has 1 unspecified atom stereocenters. The van der Waals surface area contributed by atoms with E-state index in [9.17, 15) is 53.4 Å². The molecule has 0 spiro atoms. The Morgan fingerprint density at radius 1 is 0.339 bits per heavy atom. The van der Waals surface area contributed by atoms with Crippen molar-refractivity contribution in [1.29, 1.82) is 0 Å². The highest BCUT2D eigenvalue weighted by Crippen LogP contribution is 2.24. The number of para-hydroxylation sites is 3. The number of esters is 4. The number of benzene rings is 6. The first-order valence-corrected chi connectivity index (χ1v) is 39.9. The number of carbonyl (C=O) groups excluding carboxylic acids is 7. The van der Waals surface area contributed by atoms with Gasteiger partial charge in [-0.1, -0.05) is 165 Å². The normalized spacial score (nSPS) is 13.5. The number of nitrogens with two attached hydrogens (primary N) is 3. The Balaban J connectivity index is 0.000000239. The number of hydrogen-bond donors (Lipinski definition) is 14. The van der Waals surface area contributed by atoms with E-state index in [-0.39, 0.29) is 45.0 Å². The standard InChI is InChI=1S/C30H40N4O5.2C29H38N4O5/c1-3-39-30(37)26(17-16-21-11-5-4-6-12-21)33-25(15-9-10-18-31)28(35)34-27(29(36)38-2)19-22-20-32-24-14-8-7-13-23(22)24;2*1-2-38-29(37)25(16-15-20-10-4-3-5-11-20)32-24(14-8-9-17-30)27(34)33-26(28(35)36)18-21-19-31-23-13-7-6-12-22(21)23/h4-8,11-14,20,25-27,32-33H,3,9-10,15-19,31H2,1-2H3,(H,34,35);2*3-7,10-13,19,24-26,31-32H,2,8-9,14-18,30H2,1H3,(H,33,34)(H,35,36)/t25-,26-,27-;24-,25?,26-;24-,25-,26-/m000/s1. The van der Waals surface area contributed by atoms with Crippen LogP contribution in [0.2, 0.25) is 0 Å². The summed E-state index contributed by atoms with van der Waals surface area (Å²) in [5.41, 5.74) is 25.5. The van der Waals surface area contributed by atoms with Crippen LogP contribution in [0.1, 0.15) is 131 Å². The van der Waals surface area contributed by atoms with Crippen molar-refractivity contribution in [3.63, 3.8) is 0 Å². The van der Waals surface area contributed by atoms with Gasteiger partial charge in [0.1, 0.15) is 36.3 Å². The second-order valence-corrected chi connectivity index (χ2v) is 28.1. The minimum Gasteiger partial charge on any atom is -0.480 e. The van der Waals surface area contributed by atoms with Gasteiger partial charge in [-0.3, -0.25) is 44.7 Å². The summed E-state index contributed by atoms with van der Waals surface area (Å²) < 4.78 is 20.9. The molecule has 0 saturated heterocycles. The van der Waals surface area contributed by atoms with E-state index in [4.69, 9.17) is 36.1 Å². The second-order valence-electron chi connectivity index (χ2n) is 28.1. The topological polar surface area (TPSA) is 429 Å². The molecule has 6 aromatic carbocycles. The first-order chi connectivity index (χ1) is 55.8. The molecule has 618 valence electrons. The smallest absolute Gasteiger partial charge is 0.328 e. The van der Waals surface area contributed by atoms with Crippen molar-refractivity contribution in [2.24, 2.45) is 17.2 Å². The summed E-state index contributed by atoms with van der Waals surface area (Å²) in [4.78, 5) is 125. The molecule has 27 heteroatoms. The van der Waals surface area contributed by atoms with E-state index < -0.39 is 102 Å². The van der Waals surface area contributed by atoms with Gasteiger partial charge in [0.25, 0.3) is 0 Å². The van der Waals surface area contributed by atoms with Crippen molar-refractivity contribution in [1.82, 2.24) is 46.9 Å². The lowest BCUT2D eigenvalue weighted by molar-refractivity contribution is -0.148. The summed E-state index contributed by atoms with van der Waals surface area (Å²) in [5, 5.41) is 40.5. The lowest BCUT2D eigenvalue weighted by atomic mass is 10.0. The number of amides is 3. The number of H-pyrrole nitrogens is 3. The number of aromatic nitrogens is 3. The Labute approximate surface area is 672 Å². The van der Waals surface area contributed by atoms with Crippen LogP contribution in [0.25, 0.3) is 32.7 Å². The summed E-state index contributed by atoms with van der Waals surface area (Å²) in [6.07, 6.45) is 14.5. The van der Waals surface area contributed by atoms with Crippen LogP contribution in [-0.2, 0) is 101 Å². The highest BCUT2D eigenvalue weighted by Gasteiger charge is 2.35. The van der Waals surface area contributed by atoms with Crippen LogP contribution in [0, 0.1) is 0 Å². The van der Waals surface area contributed by atoms with Gasteiger partial charge in [-0.15, -0.1) is 0 Å². The molecule has 27 nitrogen and oxygen atoms in total. The van der Waals surface area contributed by atoms with E-state index in [1.54, 1.807) is 33.2 Å². The Bertz CT molecular complexity index is 4260. The Kier molecular flexibility index (Phi) is 39.8. The lowest BCUT2D eigenvalue weighted by Crippen LogP contribution is -2.55. The number of nitrogens with one attached hydrogen (secondary N) is 9. The molecule has 3 amide bonds. The van der Waals surface area contributed by atoms with Gasteiger partial charge in [0.05, 0.1) is 45.1 Å². The number of ether oxygens (including phenoxy) is 4. The highest BCUT2D eigenvalue weighted by molar-refractivity contribution is 5.92. The molecule has 0 fully saturated rings. The lowest BCUT2D eigenvalue weighted by Gasteiger charge is -2.26. The van der Waals surface area contributed by atoms with Gasteiger partial charge in [0.15, 0.2) is 0 Å². The predicted octanol–water partition coefficient (Wildman–Crippen LogP) is 8.88. The van der Waals surface area contributed by atoms with Gasteiger partial charge in [-0.25, -0.2) is 14.4 Å². The molecule has 0 saturated carbocycles. The summed E-state index contributed by atoms with van der Waals surface area (Å²) in [6.45, 7) is 7.35. The molecule has 9 rings (SSSR count). The van der Waals surface area contributed by atoms with Gasteiger partial charge in [0.2, 0.25) is 17.7 Å². The fraction of sp³-hybridized carbons (Fsp3) is 0.420. The van der Waals surface area contributed by atoms with Crippen molar-refractivity contribution in [2.75, 3.05) is 46.6 Å². The van der Waals surface area contributed by atoms with E-state index in [1.807, 2.05) is 170 Å². The van der Waals surface area contributed by atoms with Crippen LogP contribution < -0.4 is 49.1 Å². The van der Waals surface area contributed by atoms with E-state index in [1.165, 1.54) is 7.11 Å². The maximum Gasteiger partial charge on any atom is 0.328 e. The number of carboxylic acid groups (broad SMARTS) is 2. The van der Waals surface area contributed by atoms with E-state index in [2.05, 4.69) is 46.9 Å². The van der Waals surface area contributed by atoms with E-state index >= 15 is 0 Å². The van der Waals surface area contributed by atoms with Crippen LogP contribution in [0.4, 0.5) is 0 Å². The number of aryl methyl sites for hydroxylation is 3. The van der Waals surface area contributed by atoms with Crippen molar-refractivity contribution in [3.05, 3.63) is 216 Å². The third-order valence-electron chi connectivity index (χ3n) is 19.7. The van der Waals surface area contributed by atoms with Gasteiger partial charge in [0, 0.05) is 70.6 Å². The van der Waals surface area contributed by atoms with Gasteiger partial charge >= 0.3 is 35.8 Å². The van der Waals surface area contributed by atoms with Crippen molar-refractivity contribution in [2.45, 2.75) is 191 Å². The van der Waals surface area contributed by atoms with Crippen LogP contribution >= 0.6 is 0 Å². The number of carboxylic acids is 2. The fourth-order valence-corrected chi connectivity index (χ4v) is 13.6. The number of carbonyl (C=O) groups is 9. The molecule has 17 N–H and O–H groups in total. The molecular weight excluding hydrogens is 1470 g/mol. The monoisotopic (exact) mass is 1580 g/mol. The van der Waals surface area contributed by atoms with Crippen molar-refractivity contribution < 1.29 is 72.3 Å². The molecule has 3 aromatic heterocycles. The summed E-state index contributed by atoms with van der Waals surface area (Å²) in [6, 6.07) is 44.8. The summed E-state index contributed by atoms with van der Waals surface area (Å²) in [5.74, 6) is -5.40. The molecule has 0 aliphatic heterocycles. The SMILES string of the molecule is CCOC(=O)C(CCc1ccccc1)N[C@@H](CCCCN)C(=O)N[C@@H](Cc1c[nH]c2ccccc12)C(=O)O.CCOC(=O)[C@H](CCc1ccccc1)N[C@@H](CCCCN)C(=O)N[C@@H](Cc1c[nH]c2ccccc12)C(=O)O.CCOC(=O)[C@H](CCc1ccccc1)N[C@@H](CCCCN)C(=O)N[C@@H](Cc1c[nH]c2ccccc12)C(=O)OC. The Morgan fingerprint density at radius 2 is 0.609 bits per heavy atom. The number of hydrogen-bond acceptors (Lipinski definition) is 19. The maximum absolute atomic E-state index is 13.6. The van der Waals surface area contributed by atoms with Crippen molar-refractivity contribution in [3.8, 4) is 0 Å². The van der Waals surface area contributed by atoms with Crippen LogP contribution in [0.3, 0.4) is 0 Å². The van der Waals surface area contributed by atoms with Crippen molar-refractivity contribution >= 4 is 86.2 Å². The number of aliphatic carboxylic acids is 2. The first kappa shape index (κ1) is 91.1. The highest BCUT2D eigenvalue weighted by atomic mass is 16.5. The molecule has 0 aliphatic carbocycles. The zero-order valence-corrected chi connectivity index (χ0v) is 66.4. The molecular formula is C88H116N12O15. The predicted molar refractivity (Wildman–Crippen MR) is 444 cm³/mol. The molecule has 9 aromatic rings. The summed E-state index contributed by atoms with van der Waals surface area (Å²) >= 11 is 0. The minimum absolute atomic E-state index is 0.121. The van der Waals surface area contributed by atoms with Crippen LogP contribution in [0.5, 0.6) is 0 Å². The zero-order chi connectivity index (χ0) is 82.7. The second kappa shape index (κ2) is 50.2. The van der Waals surface area contributed by atoms with Gasteiger partial charge < -0.3 is 77.3 Å². The first-order valence-electron chi connectivity index (χ1n) is 39.9. The molecule has 9 atom stereocenters.